The van der Waals surface area contributed by atoms with Gasteiger partial charge in [0, 0.05) is 22.4 Å². The molecule has 1 rings (SSSR count). The van der Waals surface area contributed by atoms with Gasteiger partial charge < -0.3 is 10.0 Å². The fourth-order valence-electron chi connectivity index (χ4n) is 1.23. The monoisotopic (exact) mass is 363 g/mol. The zero-order chi connectivity index (χ0) is 13.2. The highest BCUT2D eigenvalue weighted by atomic mass is 79.9. The number of hydrogen-bond donors (Lipinski definition) is 1. The van der Waals surface area contributed by atoms with Crippen LogP contribution in [-0.4, -0.2) is 33.8 Å². The second-order valence-corrected chi connectivity index (χ2v) is 5.95. The molecule has 5 heteroatoms. The largest absolute Gasteiger partial charge is 0.507 e. The molecular formula is C12H15Br2NO2. The Morgan fingerprint density at radius 2 is 2.06 bits per heavy atom. The molecule has 17 heavy (non-hydrogen) atoms. The van der Waals surface area contributed by atoms with Gasteiger partial charge in [-0.15, -0.1) is 0 Å². The maximum absolute atomic E-state index is 12.2. The van der Waals surface area contributed by atoms with E-state index in [1.807, 2.05) is 13.8 Å². The van der Waals surface area contributed by atoms with E-state index in [0.29, 0.717) is 10.9 Å². The number of aromatic hydroxyl groups is 1. The van der Waals surface area contributed by atoms with E-state index in [2.05, 4.69) is 31.9 Å². The van der Waals surface area contributed by atoms with Gasteiger partial charge in [0.05, 0.1) is 5.56 Å². The molecule has 0 aromatic heterocycles. The molecule has 0 heterocycles. The third-order valence-corrected chi connectivity index (χ3v) is 4.60. The van der Waals surface area contributed by atoms with Crippen molar-refractivity contribution in [3.63, 3.8) is 0 Å². The van der Waals surface area contributed by atoms with Crippen molar-refractivity contribution in [1.29, 1.82) is 0 Å². The van der Waals surface area contributed by atoms with Gasteiger partial charge in [0.25, 0.3) is 5.91 Å². The number of alkyl halides is 1. The molecule has 1 amide bonds. The van der Waals surface area contributed by atoms with Crippen molar-refractivity contribution < 1.29 is 9.90 Å². The maximum Gasteiger partial charge on any atom is 0.257 e. The first-order valence-electron chi connectivity index (χ1n) is 5.12. The third-order valence-electron chi connectivity index (χ3n) is 2.73. The summed E-state index contributed by atoms with van der Waals surface area (Å²) in [5.74, 6) is -0.207. The molecule has 0 fully saturated rings. The number of phenolic OH excluding ortho intramolecular Hbond substituents is 1. The van der Waals surface area contributed by atoms with Crippen LogP contribution in [0.25, 0.3) is 0 Å². The number of benzene rings is 1. The van der Waals surface area contributed by atoms with Gasteiger partial charge in [-0.25, -0.2) is 0 Å². The van der Waals surface area contributed by atoms with Crippen molar-refractivity contribution >= 4 is 37.8 Å². The Kier molecular flexibility index (Phi) is 4.61. The lowest BCUT2D eigenvalue weighted by Gasteiger charge is -2.34. The van der Waals surface area contributed by atoms with Crippen LogP contribution < -0.4 is 0 Å². The van der Waals surface area contributed by atoms with Gasteiger partial charge in [-0.05, 0) is 32.0 Å². The van der Waals surface area contributed by atoms with Gasteiger partial charge >= 0.3 is 0 Å². The highest BCUT2D eigenvalue weighted by molar-refractivity contribution is 9.10. The number of amides is 1. The normalized spacial score (nSPS) is 11.4. The van der Waals surface area contributed by atoms with Gasteiger partial charge in [0.2, 0.25) is 0 Å². The Hall–Kier alpha value is -0.550. The summed E-state index contributed by atoms with van der Waals surface area (Å²) in [7, 11) is 1.73. The van der Waals surface area contributed by atoms with Gasteiger partial charge in [-0.3, -0.25) is 4.79 Å². The van der Waals surface area contributed by atoms with E-state index in [9.17, 15) is 9.90 Å². The molecule has 0 unspecified atom stereocenters. The first-order valence-corrected chi connectivity index (χ1v) is 7.03. The number of carbonyl (C=O) groups is 1. The summed E-state index contributed by atoms with van der Waals surface area (Å²) in [4.78, 5) is 13.8. The van der Waals surface area contributed by atoms with Crippen LogP contribution in [0.3, 0.4) is 0 Å². The van der Waals surface area contributed by atoms with E-state index >= 15 is 0 Å². The Morgan fingerprint density at radius 1 is 1.47 bits per heavy atom. The highest BCUT2D eigenvalue weighted by Crippen LogP contribution is 2.26. The van der Waals surface area contributed by atoms with E-state index in [1.165, 1.54) is 6.07 Å². The lowest BCUT2D eigenvalue weighted by Crippen LogP contribution is -2.46. The number of carbonyl (C=O) groups excluding carboxylic acids is 1. The van der Waals surface area contributed by atoms with Crippen LogP contribution in [-0.2, 0) is 0 Å². The van der Waals surface area contributed by atoms with Gasteiger partial charge in [-0.1, -0.05) is 31.9 Å². The van der Waals surface area contributed by atoms with Gasteiger partial charge in [-0.2, -0.15) is 0 Å². The van der Waals surface area contributed by atoms with Crippen LogP contribution in [0.1, 0.15) is 24.2 Å². The van der Waals surface area contributed by atoms with E-state index in [4.69, 9.17) is 0 Å². The Bertz CT molecular complexity index is 433. The van der Waals surface area contributed by atoms with Gasteiger partial charge in [0.15, 0.2) is 0 Å². The lowest BCUT2D eigenvalue weighted by atomic mass is 10.0. The summed E-state index contributed by atoms with van der Waals surface area (Å²) in [6.07, 6.45) is 0. The van der Waals surface area contributed by atoms with Crippen molar-refractivity contribution in [1.82, 2.24) is 4.90 Å². The molecule has 0 atom stereocenters. The first-order chi connectivity index (χ1) is 7.79. The molecule has 0 saturated heterocycles. The third kappa shape index (κ3) is 3.22. The molecule has 1 N–H and O–H groups in total. The average Bonchev–Trinajstić information content (AvgIpc) is 2.27. The minimum absolute atomic E-state index is 0.0124. The van der Waals surface area contributed by atoms with E-state index in [0.717, 1.165) is 4.47 Å². The van der Waals surface area contributed by atoms with Crippen molar-refractivity contribution in [2.45, 2.75) is 19.4 Å². The average molecular weight is 365 g/mol. The quantitative estimate of drug-likeness (QED) is 0.835. The zero-order valence-electron chi connectivity index (χ0n) is 10.00. The summed E-state index contributed by atoms with van der Waals surface area (Å²) in [5, 5.41) is 10.4. The predicted octanol–water partition coefficient (Wildman–Crippen LogP) is 3.40. The molecule has 0 radical (unpaired) electrons. The lowest BCUT2D eigenvalue weighted by molar-refractivity contribution is 0.0660. The molecule has 0 aliphatic rings. The van der Waals surface area contributed by atoms with E-state index in [1.54, 1.807) is 24.1 Å². The Labute approximate surface area is 118 Å². The molecule has 94 valence electrons. The van der Waals surface area contributed by atoms with Crippen LogP contribution in [0.15, 0.2) is 22.7 Å². The van der Waals surface area contributed by atoms with Gasteiger partial charge in [0.1, 0.15) is 5.75 Å². The van der Waals surface area contributed by atoms with Crippen LogP contribution in [0, 0.1) is 0 Å². The molecule has 0 spiro atoms. The topological polar surface area (TPSA) is 40.5 Å². The molecule has 0 bridgehead atoms. The number of halogens is 2. The standard InChI is InChI=1S/C12H15Br2NO2/c1-12(2,7-13)15(3)11(17)9-5-4-8(14)6-10(9)16/h4-6,16H,7H2,1-3H3. The maximum atomic E-state index is 12.2. The summed E-state index contributed by atoms with van der Waals surface area (Å²) >= 11 is 6.62. The van der Waals surface area contributed by atoms with Crippen LogP contribution >= 0.6 is 31.9 Å². The highest BCUT2D eigenvalue weighted by Gasteiger charge is 2.28. The van der Waals surface area contributed by atoms with Crippen LogP contribution in [0.5, 0.6) is 5.75 Å². The van der Waals surface area contributed by atoms with Crippen molar-refractivity contribution in [2.75, 3.05) is 12.4 Å². The summed E-state index contributed by atoms with van der Waals surface area (Å²) in [5.41, 5.74) is 0.000999. The SMILES string of the molecule is CN(C(=O)c1ccc(Br)cc1O)C(C)(C)CBr. The van der Waals surface area contributed by atoms with E-state index < -0.39 is 0 Å². The molecule has 0 aliphatic carbocycles. The second-order valence-electron chi connectivity index (χ2n) is 4.47. The number of nitrogens with zero attached hydrogens (tertiary/aromatic N) is 1. The minimum atomic E-state index is -0.309. The van der Waals surface area contributed by atoms with Crippen LogP contribution in [0.4, 0.5) is 0 Å². The predicted molar refractivity (Wildman–Crippen MR) is 75.8 cm³/mol. The second kappa shape index (κ2) is 5.40. The minimum Gasteiger partial charge on any atom is -0.507 e. The van der Waals surface area contributed by atoms with Crippen molar-refractivity contribution in [3.8, 4) is 5.75 Å². The number of phenols is 1. The number of hydrogen-bond acceptors (Lipinski definition) is 2. The number of rotatable bonds is 3. The molecule has 0 aliphatic heterocycles. The Balaban J connectivity index is 3.05. The molecular weight excluding hydrogens is 350 g/mol. The van der Waals surface area contributed by atoms with E-state index in [-0.39, 0.29) is 17.2 Å². The fourth-order valence-corrected chi connectivity index (χ4v) is 1.96. The molecule has 3 nitrogen and oxygen atoms in total. The fraction of sp³-hybridized carbons (Fsp3) is 0.417. The molecule has 1 aromatic carbocycles. The zero-order valence-corrected chi connectivity index (χ0v) is 13.2. The molecule has 1 aromatic rings. The summed E-state index contributed by atoms with van der Waals surface area (Å²) in [6.45, 7) is 3.91. The first kappa shape index (κ1) is 14.5. The van der Waals surface area contributed by atoms with Crippen molar-refractivity contribution in [3.05, 3.63) is 28.2 Å². The molecule has 0 saturated carbocycles. The van der Waals surface area contributed by atoms with Crippen molar-refractivity contribution in [2.24, 2.45) is 0 Å². The summed E-state index contributed by atoms with van der Waals surface area (Å²) < 4.78 is 0.744. The Morgan fingerprint density at radius 3 is 2.53 bits per heavy atom. The summed E-state index contributed by atoms with van der Waals surface area (Å²) in [6, 6.07) is 4.87. The smallest absolute Gasteiger partial charge is 0.257 e. The van der Waals surface area contributed by atoms with Crippen LogP contribution in [0.2, 0.25) is 0 Å².